The van der Waals surface area contributed by atoms with Gasteiger partial charge >= 0.3 is 0 Å². The molecule has 0 radical (unpaired) electrons. The van der Waals surface area contributed by atoms with Crippen LogP contribution in [0.3, 0.4) is 0 Å². The molecule has 0 atom stereocenters. The highest BCUT2D eigenvalue weighted by molar-refractivity contribution is 5.72. The fourth-order valence-electron chi connectivity index (χ4n) is 2.68. The van der Waals surface area contributed by atoms with Crippen LogP contribution in [-0.2, 0) is 6.42 Å². The minimum absolute atomic E-state index is 0.927. The molecule has 1 aromatic heterocycles. The third-order valence-corrected chi connectivity index (χ3v) is 3.85. The molecule has 1 aromatic carbocycles. The molecular formula is C19H25NO. The van der Waals surface area contributed by atoms with Crippen LogP contribution in [0.25, 0.3) is 11.1 Å². The van der Waals surface area contributed by atoms with Crippen LogP contribution in [0.1, 0.15) is 44.6 Å². The zero-order valence-corrected chi connectivity index (χ0v) is 13.1. The van der Waals surface area contributed by atoms with Crippen molar-refractivity contribution in [3.05, 3.63) is 48.3 Å². The molecule has 0 spiro atoms. The second-order valence-electron chi connectivity index (χ2n) is 5.40. The molecule has 112 valence electrons. The summed E-state index contributed by atoms with van der Waals surface area (Å²) < 4.78 is 5.49. The molecule has 0 aliphatic heterocycles. The number of ether oxygens (including phenoxy) is 1. The molecule has 0 amide bonds. The average molecular weight is 283 g/mol. The normalized spacial score (nSPS) is 10.6. The number of methoxy groups -OCH3 is 1. The van der Waals surface area contributed by atoms with Gasteiger partial charge in [-0.15, -0.1) is 0 Å². The monoisotopic (exact) mass is 283 g/mol. The maximum atomic E-state index is 5.49. The molecular weight excluding hydrogens is 258 g/mol. The van der Waals surface area contributed by atoms with Gasteiger partial charge in [0.1, 0.15) is 5.75 Å². The number of benzene rings is 1. The summed E-state index contributed by atoms with van der Waals surface area (Å²) in [5.41, 5.74) is 3.72. The SMILES string of the molecule is CCCCCCCc1cnccc1-c1ccccc1OC. The second-order valence-corrected chi connectivity index (χ2v) is 5.40. The second kappa shape index (κ2) is 8.46. The molecule has 0 unspecified atom stereocenters. The summed E-state index contributed by atoms with van der Waals surface area (Å²) in [6, 6.07) is 10.3. The molecule has 2 rings (SSSR count). The molecule has 0 fully saturated rings. The van der Waals surface area contributed by atoms with Gasteiger partial charge in [0, 0.05) is 18.0 Å². The number of hydrogen-bond acceptors (Lipinski definition) is 2. The van der Waals surface area contributed by atoms with Crippen LogP contribution < -0.4 is 4.74 Å². The topological polar surface area (TPSA) is 22.1 Å². The molecule has 2 nitrogen and oxygen atoms in total. The Bertz CT molecular complexity index is 551. The first-order valence-corrected chi connectivity index (χ1v) is 7.93. The van der Waals surface area contributed by atoms with Crippen molar-refractivity contribution >= 4 is 0 Å². The molecule has 0 bridgehead atoms. The van der Waals surface area contributed by atoms with Crippen molar-refractivity contribution < 1.29 is 4.74 Å². The van der Waals surface area contributed by atoms with E-state index in [2.05, 4.69) is 30.1 Å². The van der Waals surface area contributed by atoms with Crippen molar-refractivity contribution in [2.24, 2.45) is 0 Å². The van der Waals surface area contributed by atoms with Crippen LogP contribution >= 0.6 is 0 Å². The lowest BCUT2D eigenvalue weighted by molar-refractivity contribution is 0.416. The predicted octanol–water partition coefficient (Wildman–Crippen LogP) is 5.27. The zero-order chi connectivity index (χ0) is 14.9. The van der Waals surface area contributed by atoms with Crippen LogP contribution in [-0.4, -0.2) is 12.1 Å². The fourth-order valence-corrected chi connectivity index (χ4v) is 2.68. The van der Waals surface area contributed by atoms with Crippen molar-refractivity contribution in [2.75, 3.05) is 7.11 Å². The van der Waals surface area contributed by atoms with E-state index in [9.17, 15) is 0 Å². The lowest BCUT2D eigenvalue weighted by Crippen LogP contribution is -1.94. The van der Waals surface area contributed by atoms with Gasteiger partial charge in [0.25, 0.3) is 0 Å². The Kier molecular flexibility index (Phi) is 6.26. The van der Waals surface area contributed by atoms with Crippen molar-refractivity contribution in [1.29, 1.82) is 0 Å². The van der Waals surface area contributed by atoms with Gasteiger partial charge in [0.15, 0.2) is 0 Å². The number of para-hydroxylation sites is 1. The van der Waals surface area contributed by atoms with Crippen LogP contribution in [0.5, 0.6) is 5.75 Å². The highest BCUT2D eigenvalue weighted by Crippen LogP contribution is 2.32. The van der Waals surface area contributed by atoms with E-state index in [1.807, 2.05) is 24.5 Å². The molecule has 0 saturated carbocycles. The Labute approximate surface area is 128 Å². The summed E-state index contributed by atoms with van der Waals surface area (Å²) in [6.45, 7) is 2.25. The van der Waals surface area contributed by atoms with E-state index in [4.69, 9.17) is 4.74 Å². The van der Waals surface area contributed by atoms with Crippen molar-refractivity contribution in [3.63, 3.8) is 0 Å². The highest BCUT2D eigenvalue weighted by Gasteiger charge is 2.09. The molecule has 0 N–H and O–H groups in total. The summed E-state index contributed by atoms with van der Waals surface area (Å²) in [5.74, 6) is 0.927. The third kappa shape index (κ3) is 4.32. The molecule has 0 saturated heterocycles. The summed E-state index contributed by atoms with van der Waals surface area (Å²) in [5, 5.41) is 0. The Balaban J connectivity index is 2.13. The van der Waals surface area contributed by atoms with Crippen LogP contribution in [0.15, 0.2) is 42.7 Å². The van der Waals surface area contributed by atoms with E-state index in [1.165, 1.54) is 43.2 Å². The highest BCUT2D eigenvalue weighted by atomic mass is 16.5. The predicted molar refractivity (Wildman–Crippen MR) is 88.7 cm³/mol. The Morgan fingerprint density at radius 3 is 2.57 bits per heavy atom. The zero-order valence-electron chi connectivity index (χ0n) is 13.1. The van der Waals surface area contributed by atoms with Crippen molar-refractivity contribution in [1.82, 2.24) is 4.98 Å². The number of unbranched alkanes of at least 4 members (excludes halogenated alkanes) is 4. The number of nitrogens with zero attached hydrogens (tertiary/aromatic N) is 1. The van der Waals surface area contributed by atoms with E-state index in [0.717, 1.165) is 17.7 Å². The van der Waals surface area contributed by atoms with E-state index >= 15 is 0 Å². The first-order valence-electron chi connectivity index (χ1n) is 7.93. The van der Waals surface area contributed by atoms with Crippen LogP contribution in [0.4, 0.5) is 0 Å². The third-order valence-electron chi connectivity index (χ3n) is 3.85. The van der Waals surface area contributed by atoms with Gasteiger partial charge in [0.05, 0.1) is 7.11 Å². The molecule has 2 heteroatoms. The van der Waals surface area contributed by atoms with Crippen molar-refractivity contribution in [3.8, 4) is 16.9 Å². The number of aryl methyl sites for hydroxylation is 1. The number of hydrogen-bond donors (Lipinski definition) is 0. The smallest absolute Gasteiger partial charge is 0.126 e. The minimum atomic E-state index is 0.927. The van der Waals surface area contributed by atoms with Gasteiger partial charge in [-0.05, 0) is 36.1 Å². The Morgan fingerprint density at radius 2 is 1.76 bits per heavy atom. The average Bonchev–Trinajstić information content (AvgIpc) is 2.55. The maximum Gasteiger partial charge on any atom is 0.126 e. The summed E-state index contributed by atoms with van der Waals surface area (Å²) in [6.07, 6.45) is 11.4. The molecule has 21 heavy (non-hydrogen) atoms. The van der Waals surface area contributed by atoms with E-state index in [0.29, 0.717) is 0 Å². The lowest BCUT2D eigenvalue weighted by atomic mass is 9.97. The van der Waals surface area contributed by atoms with Gasteiger partial charge in [-0.1, -0.05) is 50.8 Å². The lowest BCUT2D eigenvalue weighted by Gasteiger charge is -2.12. The number of rotatable bonds is 8. The quantitative estimate of drug-likeness (QED) is 0.616. The van der Waals surface area contributed by atoms with Gasteiger partial charge in [0.2, 0.25) is 0 Å². The number of aromatic nitrogens is 1. The summed E-state index contributed by atoms with van der Waals surface area (Å²) >= 11 is 0. The summed E-state index contributed by atoms with van der Waals surface area (Å²) in [7, 11) is 1.73. The van der Waals surface area contributed by atoms with Gasteiger partial charge in [-0.25, -0.2) is 0 Å². The van der Waals surface area contributed by atoms with E-state index < -0.39 is 0 Å². The van der Waals surface area contributed by atoms with E-state index in [-0.39, 0.29) is 0 Å². The van der Waals surface area contributed by atoms with Gasteiger partial charge in [-0.2, -0.15) is 0 Å². The minimum Gasteiger partial charge on any atom is -0.496 e. The largest absolute Gasteiger partial charge is 0.496 e. The van der Waals surface area contributed by atoms with Gasteiger partial charge < -0.3 is 4.74 Å². The standard InChI is InChI=1S/C19H25NO/c1-3-4-5-6-7-10-16-15-20-14-13-17(16)18-11-8-9-12-19(18)21-2/h8-9,11-15H,3-7,10H2,1-2H3. The Hall–Kier alpha value is -1.83. The molecule has 2 aromatic rings. The summed E-state index contributed by atoms with van der Waals surface area (Å²) in [4.78, 5) is 4.30. The molecule has 0 aliphatic carbocycles. The first-order chi connectivity index (χ1) is 10.4. The molecule has 0 aliphatic rings. The molecule has 1 heterocycles. The van der Waals surface area contributed by atoms with Crippen LogP contribution in [0, 0.1) is 0 Å². The Morgan fingerprint density at radius 1 is 0.952 bits per heavy atom. The van der Waals surface area contributed by atoms with Crippen LogP contribution in [0.2, 0.25) is 0 Å². The van der Waals surface area contributed by atoms with E-state index in [1.54, 1.807) is 7.11 Å². The first kappa shape index (κ1) is 15.6. The maximum absolute atomic E-state index is 5.49. The van der Waals surface area contributed by atoms with Gasteiger partial charge in [-0.3, -0.25) is 4.98 Å². The fraction of sp³-hybridized carbons (Fsp3) is 0.421. The van der Waals surface area contributed by atoms with Crippen molar-refractivity contribution in [2.45, 2.75) is 45.4 Å². The number of pyridine rings is 1.